The highest BCUT2D eigenvalue weighted by Gasteiger charge is 2.13. The van der Waals surface area contributed by atoms with E-state index in [0.29, 0.717) is 5.89 Å². The summed E-state index contributed by atoms with van der Waals surface area (Å²) in [6.45, 7) is 3.88. The van der Waals surface area contributed by atoms with Crippen molar-refractivity contribution in [3.8, 4) is 0 Å². The van der Waals surface area contributed by atoms with E-state index in [9.17, 15) is 0 Å². The summed E-state index contributed by atoms with van der Waals surface area (Å²) in [6, 6.07) is 1.88. The number of rotatable bonds is 2. The van der Waals surface area contributed by atoms with Crippen LogP contribution in [0.3, 0.4) is 0 Å². The Bertz CT molecular complexity index is 483. The van der Waals surface area contributed by atoms with Crippen molar-refractivity contribution in [2.24, 2.45) is 0 Å². The maximum Gasteiger partial charge on any atom is 0.284 e. The number of aryl methyl sites for hydroxylation is 1. The molecule has 0 aliphatic carbocycles. The van der Waals surface area contributed by atoms with Crippen molar-refractivity contribution in [2.75, 3.05) is 0 Å². The van der Waals surface area contributed by atoms with E-state index < -0.39 is 0 Å². The first-order chi connectivity index (χ1) is 6.66. The first-order valence-electron chi connectivity index (χ1n) is 4.24. The molecule has 0 unspecified atom stereocenters. The summed E-state index contributed by atoms with van der Waals surface area (Å²) in [5, 5.41) is 10.8. The van der Waals surface area contributed by atoms with Crippen molar-refractivity contribution in [3.63, 3.8) is 0 Å². The summed E-state index contributed by atoms with van der Waals surface area (Å²) in [7, 11) is 0. The van der Waals surface area contributed by atoms with Crippen LogP contribution in [0.15, 0.2) is 16.7 Å². The van der Waals surface area contributed by atoms with Crippen molar-refractivity contribution in [1.82, 2.24) is 20.0 Å². The molecule has 0 fully saturated rings. The molecule has 0 amide bonds. The van der Waals surface area contributed by atoms with Crippen LogP contribution >= 0.6 is 12.2 Å². The van der Waals surface area contributed by atoms with Crippen molar-refractivity contribution >= 4 is 12.2 Å². The molecule has 0 aliphatic rings. The Hall–Kier alpha value is -1.43. The minimum absolute atomic E-state index is 0.0448. The average molecular weight is 210 g/mol. The fourth-order valence-electron chi connectivity index (χ4n) is 1.18. The highest BCUT2D eigenvalue weighted by Crippen LogP contribution is 2.14. The fourth-order valence-corrected chi connectivity index (χ4v) is 1.31. The molecule has 6 heteroatoms. The van der Waals surface area contributed by atoms with Crippen LogP contribution < -0.4 is 0 Å². The molecular weight excluding hydrogens is 200 g/mol. The van der Waals surface area contributed by atoms with Crippen LogP contribution in [0, 0.1) is 11.8 Å². The molecule has 0 aromatic carbocycles. The van der Waals surface area contributed by atoms with E-state index in [1.807, 2.05) is 26.1 Å². The van der Waals surface area contributed by atoms with Gasteiger partial charge in [-0.05, 0) is 32.1 Å². The Balaban J connectivity index is 2.32. The van der Waals surface area contributed by atoms with E-state index in [1.165, 1.54) is 0 Å². The van der Waals surface area contributed by atoms with Gasteiger partial charge in [-0.15, -0.1) is 5.10 Å². The van der Waals surface area contributed by atoms with E-state index in [-0.39, 0.29) is 10.9 Å². The van der Waals surface area contributed by atoms with Crippen LogP contribution in [-0.2, 0) is 0 Å². The van der Waals surface area contributed by atoms with Gasteiger partial charge in [0.2, 0.25) is 5.89 Å². The molecule has 2 aromatic heterocycles. The van der Waals surface area contributed by atoms with Gasteiger partial charge in [0.25, 0.3) is 4.84 Å². The van der Waals surface area contributed by atoms with Crippen molar-refractivity contribution in [2.45, 2.75) is 19.9 Å². The normalized spacial score (nSPS) is 13.0. The molecule has 0 spiro atoms. The summed E-state index contributed by atoms with van der Waals surface area (Å²) >= 11 is 4.79. The summed E-state index contributed by atoms with van der Waals surface area (Å²) in [6.07, 6.45) is 1.88. The van der Waals surface area contributed by atoms with E-state index in [4.69, 9.17) is 16.6 Å². The largest absolute Gasteiger partial charge is 0.412 e. The summed E-state index contributed by atoms with van der Waals surface area (Å²) in [5.41, 5.74) is 0.964. The molecule has 14 heavy (non-hydrogen) atoms. The Kier molecular flexibility index (Phi) is 2.20. The monoisotopic (exact) mass is 210 g/mol. The number of nitrogens with one attached hydrogen (secondary N) is 1. The predicted molar refractivity (Wildman–Crippen MR) is 52.5 cm³/mol. The molecule has 2 rings (SSSR count). The van der Waals surface area contributed by atoms with Crippen LogP contribution in [-0.4, -0.2) is 20.0 Å². The molecule has 0 saturated heterocycles. The third-order valence-corrected chi connectivity index (χ3v) is 2.13. The van der Waals surface area contributed by atoms with Gasteiger partial charge < -0.3 is 4.42 Å². The molecule has 0 bridgehead atoms. The highest BCUT2D eigenvalue weighted by molar-refractivity contribution is 7.71. The highest BCUT2D eigenvalue weighted by atomic mass is 32.1. The summed E-state index contributed by atoms with van der Waals surface area (Å²) < 4.78 is 6.98. The molecule has 0 saturated carbocycles. The van der Waals surface area contributed by atoms with Gasteiger partial charge in [-0.25, -0.2) is 5.10 Å². The van der Waals surface area contributed by atoms with E-state index in [2.05, 4.69) is 15.3 Å². The molecule has 74 valence electrons. The van der Waals surface area contributed by atoms with Crippen molar-refractivity contribution in [1.29, 1.82) is 0 Å². The van der Waals surface area contributed by atoms with Crippen LogP contribution in [0.4, 0.5) is 0 Å². The van der Waals surface area contributed by atoms with E-state index in [0.717, 1.165) is 5.69 Å². The minimum Gasteiger partial charge on any atom is -0.412 e. The second-order valence-electron chi connectivity index (χ2n) is 3.06. The van der Waals surface area contributed by atoms with Gasteiger partial charge in [0.15, 0.2) is 0 Å². The van der Waals surface area contributed by atoms with Gasteiger partial charge in [0.05, 0.1) is 5.69 Å². The van der Waals surface area contributed by atoms with Crippen LogP contribution in [0.1, 0.15) is 24.6 Å². The molecule has 0 radical (unpaired) electrons. The molecule has 2 heterocycles. The number of aromatic nitrogens is 4. The van der Waals surface area contributed by atoms with Crippen molar-refractivity contribution < 1.29 is 4.42 Å². The van der Waals surface area contributed by atoms with E-state index >= 15 is 0 Å². The second-order valence-corrected chi connectivity index (χ2v) is 3.44. The number of hydrogen-bond donors (Lipinski definition) is 1. The molecule has 2 aromatic rings. The SMILES string of the molecule is Cc1ccn([C@@H](C)c2n[nH]c(=S)o2)n1. The molecule has 5 nitrogen and oxygen atoms in total. The Morgan fingerprint density at radius 1 is 1.64 bits per heavy atom. The van der Waals surface area contributed by atoms with Crippen LogP contribution in [0.2, 0.25) is 0 Å². The number of H-pyrrole nitrogens is 1. The van der Waals surface area contributed by atoms with Crippen LogP contribution in [0.5, 0.6) is 0 Å². The fraction of sp³-hybridized carbons (Fsp3) is 0.375. The lowest BCUT2D eigenvalue weighted by molar-refractivity contribution is 0.403. The Morgan fingerprint density at radius 2 is 2.43 bits per heavy atom. The lowest BCUT2D eigenvalue weighted by Gasteiger charge is -2.05. The average Bonchev–Trinajstić information content (AvgIpc) is 2.73. The van der Waals surface area contributed by atoms with Gasteiger partial charge in [-0.2, -0.15) is 5.10 Å². The van der Waals surface area contributed by atoms with Gasteiger partial charge >= 0.3 is 0 Å². The second kappa shape index (κ2) is 3.38. The third kappa shape index (κ3) is 1.60. The zero-order valence-electron chi connectivity index (χ0n) is 7.89. The van der Waals surface area contributed by atoms with Gasteiger partial charge in [-0.1, -0.05) is 0 Å². The Morgan fingerprint density at radius 3 is 2.93 bits per heavy atom. The maximum atomic E-state index is 5.20. The smallest absolute Gasteiger partial charge is 0.284 e. The molecular formula is C8H10N4OS. The van der Waals surface area contributed by atoms with Gasteiger partial charge in [0.1, 0.15) is 6.04 Å². The van der Waals surface area contributed by atoms with E-state index in [1.54, 1.807) is 4.68 Å². The third-order valence-electron chi connectivity index (χ3n) is 1.95. The molecule has 1 N–H and O–H groups in total. The minimum atomic E-state index is -0.0448. The Labute approximate surface area is 85.8 Å². The maximum absolute atomic E-state index is 5.20. The lowest BCUT2D eigenvalue weighted by Crippen LogP contribution is -2.07. The number of aromatic amines is 1. The first-order valence-corrected chi connectivity index (χ1v) is 4.65. The van der Waals surface area contributed by atoms with Gasteiger partial charge in [-0.3, -0.25) is 4.68 Å². The summed E-state index contributed by atoms with van der Waals surface area (Å²) in [5.74, 6) is 0.540. The first kappa shape index (κ1) is 9.14. The zero-order valence-corrected chi connectivity index (χ0v) is 8.71. The van der Waals surface area contributed by atoms with Crippen molar-refractivity contribution in [3.05, 3.63) is 28.7 Å². The molecule has 0 aliphatic heterocycles. The predicted octanol–water partition coefficient (Wildman–Crippen LogP) is 1.85. The van der Waals surface area contributed by atoms with Crippen LogP contribution in [0.25, 0.3) is 0 Å². The quantitative estimate of drug-likeness (QED) is 0.768. The topological polar surface area (TPSA) is 59.6 Å². The van der Waals surface area contributed by atoms with Gasteiger partial charge in [0, 0.05) is 6.20 Å². The standard InChI is InChI=1S/C8H10N4OS/c1-5-3-4-12(11-5)6(2)7-9-10-8(14)13-7/h3-4,6H,1-2H3,(H,10,14)/t6-/m0/s1. The summed E-state index contributed by atoms with van der Waals surface area (Å²) in [4.78, 5) is 0.288. The molecule has 1 atom stereocenters. The zero-order chi connectivity index (χ0) is 10.1. The number of hydrogen-bond acceptors (Lipinski definition) is 4. The number of nitrogens with zero attached hydrogens (tertiary/aromatic N) is 3. The lowest BCUT2D eigenvalue weighted by atomic mass is 10.3.